The van der Waals surface area contributed by atoms with E-state index >= 15 is 0 Å². The van der Waals surface area contributed by atoms with Crippen LogP contribution in [-0.2, 0) is 0 Å². The van der Waals surface area contributed by atoms with Crippen LogP contribution in [0.15, 0.2) is 71.7 Å². The van der Waals surface area contributed by atoms with E-state index in [0.29, 0.717) is 38.3 Å². The predicted octanol–water partition coefficient (Wildman–Crippen LogP) is 4.59. The van der Waals surface area contributed by atoms with Gasteiger partial charge in [0.15, 0.2) is 0 Å². The first-order valence-electron chi connectivity index (χ1n) is 11.5. The van der Waals surface area contributed by atoms with Gasteiger partial charge in [-0.1, -0.05) is 47.5 Å². The zero-order valence-electron chi connectivity index (χ0n) is 19.1. The Balaban J connectivity index is 1.38. The molecule has 2 aromatic heterocycles. The van der Waals surface area contributed by atoms with Crippen molar-refractivity contribution in [2.75, 3.05) is 36.4 Å². The summed E-state index contributed by atoms with van der Waals surface area (Å²) in [5.41, 5.74) is 3.79. The molecule has 0 unspecified atom stereocenters. The first-order valence-corrected chi connectivity index (χ1v) is 12.3. The standard InChI is InChI=1S/C26H21Cl2N7O/c27-20-5-2-6-21(28)24(20)35-25(36)19-15-30-26(32-23(19)22(33-35)16-3-1-4-16)31-17-7-9-18(10-8-17)34-13-11-29-12-14-34/h1-10,15,29H,11-14H2,(H,30,31,32). The summed E-state index contributed by atoms with van der Waals surface area (Å²) in [5, 5.41) is 12.2. The van der Waals surface area contributed by atoms with Crippen LogP contribution in [0.25, 0.3) is 22.2 Å². The van der Waals surface area contributed by atoms with E-state index in [1.807, 2.05) is 30.4 Å². The van der Waals surface area contributed by atoms with Gasteiger partial charge in [-0.05, 0) is 36.4 Å². The number of piperazine rings is 1. The largest absolute Gasteiger partial charge is 0.369 e. The van der Waals surface area contributed by atoms with E-state index < -0.39 is 5.56 Å². The third-order valence-electron chi connectivity index (χ3n) is 6.22. The van der Waals surface area contributed by atoms with Crippen molar-refractivity contribution in [3.8, 4) is 5.69 Å². The van der Waals surface area contributed by atoms with Crippen molar-refractivity contribution in [3.63, 3.8) is 0 Å². The summed E-state index contributed by atoms with van der Waals surface area (Å²) >= 11 is 12.8. The second-order valence-corrected chi connectivity index (χ2v) is 9.30. The Bertz CT molecular complexity index is 1570. The van der Waals surface area contributed by atoms with Crippen molar-refractivity contribution in [2.45, 2.75) is 0 Å². The van der Waals surface area contributed by atoms with Gasteiger partial charge in [0.2, 0.25) is 5.95 Å². The highest BCUT2D eigenvalue weighted by molar-refractivity contribution is 6.37. The lowest BCUT2D eigenvalue weighted by Gasteiger charge is -2.29. The molecule has 0 bridgehead atoms. The van der Waals surface area contributed by atoms with Crippen LogP contribution in [-0.4, -0.2) is 45.9 Å². The van der Waals surface area contributed by atoms with E-state index in [0.717, 1.165) is 37.4 Å². The summed E-state index contributed by atoms with van der Waals surface area (Å²) in [5.74, 6) is 0.373. The highest BCUT2D eigenvalue weighted by atomic mass is 35.5. The van der Waals surface area contributed by atoms with Crippen LogP contribution in [0.1, 0.15) is 5.69 Å². The minimum Gasteiger partial charge on any atom is -0.369 e. The minimum absolute atomic E-state index is 0.316. The van der Waals surface area contributed by atoms with Gasteiger partial charge in [0.1, 0.15) is 16.9 Å². The highest BCUT2D eigenvalue weighted by Gasteiger charge is 2.20. The molecular formula is C26H21Cl2N7O. The van der Waals surface area contributed by atoms with Crippen LogP contribution in [0.5, 0.6) is 0 Å². The molecule has 0 radical (unpaired) electrons. The summed E-state index contributed by atoms with van der Waals surface area (Å²) in [6, 6.07) is 13.2. The van der Waals surface area contributed by atoms with Crippen LogP contribution in [0.4, 0.5) is 17.3 Å². The Morgan fingerprint density at radius 3 is 2.39 bits per heavy atom. The highest BCUT2D eigenvalue weighted by Crippen LogP contribution is 2.30. The Labute approximate surface area is 216 Å². The molecule has 1 saturated heterocycles. The van der Waals surface area contributed by atoms with Gasteiger partial charge in [-0.15, -0.1) is 0 Å². The number of halogens is 2. The molecule has 0 atom stereocenters. The fourth-order valence-electron chi connectivity index (χ4n) is 4.28. The summed E-state index contributed by atoms with van der Waals surface area (Å²) in [6.45, 7) is 3.93. The Kier molecular flexibility index (Phi) is 5.92. The summed E-state index contributed by atoms with van der Waals surface area (Å²) in [4.78, 5) is 24.8. The molecule has 2 aliphatic rings. The number of nitrogens with zero attached hydrogens (tertiary/aromatic N) is 5. The molecule has 1 fully saturated rings. The number of fused-ring (bicyclic) bond motifs is 1. The van der Waals surface area contributed by atoms with Crippen molar-refractivity contribution in [2.24, 2.45) is 0 Å². The van der Waals surface area contributed by atoms with Crippen molar-refractivity contribution in [1.82, 2.24) is 25.1 Å². The average Bonchev–Trinajstić information content (AvgIpc) is 2.86. The molecule has 1 aliphatic heterocycles. The zero-order chi connectivity index (χ0) is 24.6. The lowest BCUT2D eigenvalue weighted by molar-refractivity contribution is 0.589. The number of anilines is 3. The van der Waals surface area contributed by atoms with E-state index in [1.54, 1.807) is 18.2 Å². The van der Waals surface area contributed by atoms with Gasteiger partial charge in [0.05, 0.1) is 15.4 Å². The second-order valence-electron chi connectivity index (χ2n) is 8.48. The van der Waals surface area contributed by atoms with Gasteiger partial charge in [-0.25, -0.2) is 9.97 Å². The SMILES string of the molecule is O=c1c2cnc(Nc3ccc(N4CCNCC4)cc3)nc2c(C2=CC=C2)nn1-c1c(Cl)cccc1Cl. The van der Waals surface area contributed by atoms with E-state index in [-0.39, 0.29) is 0 Å². The van der Waals surface area contributed by atoms with E-state index in [4.69, 9.17) is 23.2 Å². The Hall–Kier alpha value is -3.72. The zero-order valence-corrected chi connectivity index (χ0v) is 20.6. The number of para-hydroxylation sites is 1. The molecule has 2 aromatic carbocycles. The minimum atomic E-state index is -0.403. The van der Waals surface area contributed by atoms with Crippen molar-refractivity contribution < 1.29 is 0 Å². The van der Waals surface area contributed by atoms with Gasteiger partial charge in [-0.3, -0.25) is 4.79 Å². The van der Waals surface area contributed by atoms with Crippen LogP contribution in [0.2, 0.25) is 10.0 Å². The molecule has 2 N–H and O–H groups in total. The lowest BCUT2D eigenvalue weighted by Crippen LogP contribution is -2.43. The van der Waals surface area contributed by atoms with E-state index in [9.17, 15) is 4.79 Å². The molecular weight excluding hydrogens is 497 g/mol. The molecule has 3 heterocycles. The summed E-state index contributed by atoms with van der Waals surface area (Å²) in [7, 11) is 0. The number of benzene rings is 2. The van der Waals surface area contributed by atoms with Crippen LogP contribution >= 0.6 is 23.2 Å². The van der Waals surface area contributed by atoms with Gasteiger partial charge in [0.25, 0.3) is 5.56 Å². The number of hydrogen-bond acceptors (Lipinski definition) is 7. The van der Waals surface area contributed by atoms with Crippen LogP contribution in [0.3, 0.4) is 0 Å². The third kappa shape index (κ3) is 4.13. The van der Waals surface area contributed by atoms with E-state index in [2.05, 4.69) is 42.7 Å². The Morgan fingerprint density at radius 2 is 1.72 bits per heavy atom. The molecule has 4 aromatic rings. The first-order chi connectivity index (χ1) is 17.6. The summed E-state index contributed by atoms with van der Waals surface area (Å²) < 4.78 is 1.22. The smallest absolute Gasteiger partial charge is 0.282 e. The quantitative estimate of drug-likeness (QED) is 0.400. The summed E-state index contributed by atoms with van der Waals surface area (Å²) in [6.07, 6.45) is 7.24. The molecule has 36 heavy (non-hydrogen) atoms. The van der Waals surface area contributed by atoms with Gasteiger partial charge in [0, 0.05) is 49.3 Å². The molecule has 10 heteroatoms. The molecule has 180 valence electrons. The van der Waals surface area contributed by atoms with Crippen LogP contribution in [0, 0.1) is 0 Å². The number of nitrogens with one attached hydrogen (secondary N) is 2. The van der Waals surface area contributed by atoms with Crippen molar-refractivity contribution >= 4 is 57.0 Å². The molecule has 8 nitrogen and oxygen atoms in total. The number of rotatable bonds is 5. The monoisotopic (exact) mass is 517 g/mol. The lowest BCUT2D eigenvalue weighted by atomic mass is 10.0. The second kappa shape index (κ2) is 9.39. The predicted molar refractivity (Wildman–Crippen MR) is 145 cm³/mol. The van der Waals surface area contributed by atoms with E-state index in [1.165, 1.54) is 16.6 Å². The van der Waals surface area contributed by atoms with Gasteiger partial charge >= 0.3 is 0 Å². The Morgan fingerprint density at radius 1 is 1.00 bits per heavy atom. The van der Waals surface area contributed by atoms with Gasteiger partial charge in [-0.2, -0.15) is 9.78 Å². The number of aromatic nitrogens is 4. The maximum atomic E-state index is 13.4. The molecule has 1 aliphatic carbocycles. The normalized spacial score (nSPS) is 15.1. The van der Waals surface area contributed by atoms with Gasteiger partial charge < -0.3 is 15.5 Å². The van der Waals surface area contributed by atoms with Crippen LogP contribution < -0.4 is 21.1 Å². The maximum absolute atomic E-state index is 13.4. The molecule has 0 amide bonds. The maximum Gasteiger partial charge on any atom is 0.282 e. The number of allylic oxidation sites excluding steroid dienone is 4. The van der Waals surface area contributed by atoms with Crippen molar-refractivity contribution in [1.29, 1.82) is 0 Å². The molecule has 6 rings (SSSR count). The fraction of sp³-hybridized carbons (Fsp3) is 0.154. The third-order valence-corrected chi connectivity index (χ3v) is 6.83. The van der Waals surface area contributed by atoms with Crippen molar-refractivity contribution in [3.05, 3.63) is 93.0 Å². The topological polar surface area (TPSA) is 88.0 Å². The first kappa shape index (κ1) is 22.7. The molecule has 0 spiro atoms. The molecule has 0 saturated carbocycles. The number of hydrogen-bond donors (Lipinski definition) is 2. The fourth-order valence-corrected chi connectivity index (χ4v) is 4.84. The average molecular weight is 518 g/mol.